The maximum absolute atomic E-state index is 14.6. The van der Waals surface area contributed by atoms with Gasteiger partial charge in [0.25, 0.3) is 0 Å². The summed E-state index contributed by atoms with van der Waals surface area (Å²) in [6.07, 6.45) is -5.25. The number of aromatic nitrogens is 2. The van der Waals surface area contributed by atoms with Crippen molar-refractivity contribution in [3.63, 3.8) is 0 Å². The summed E-state index contributed by atoms with van der Waals surface area (Å²) in [4.78, 5) is 12.7. The Morgan fingerprint density at radius 1 is 0.650 bits per heavy atom. The number of carbonyl (C=O) groups excluding carboxylic acids is 1. The number of ether oxygens (including phenoxy) is 2. The monoisotopic (exact) mass is 809 g/mol. The summed E-state index contributed by atoms with van der Waals surface area (Å²) < 4.78 is 84.1. The maximum atomic E-state index is 14.6. The van der Waals surface area contributed by atoms with Gasteiger partial charge in [-0.3, -0.25) is 4.79 Å². The summed E-state index contributed by atoms with van der Waals surface area (Å²) in [5, 5.41) is 7.09. The van der Waals surface area contributed by atoms with Gasteiger partial charge in [0, 0.05) is 11.5 Å². The first-order valence-electron chi connectivity index (χ1n) is 18.9. The van der Waals surface area contributed by atoms with E-state index in [1.807, 2.05) is 133 Å². The van der Waals surface area contributed by atoms with E-state index in [2.05, 4.69) is 0 Å². The van der Waals surface area contributed by atoms with Crippen LogP contribution in [0.5, 0.6) is 11.5 Å². The number of amides is 1. The molecule has 0 bridgehead atoms. The number of nitrogens with zero attached hydrogens (tertiary/aromatic N) is 2. The molecule has 0 unspecified atom stereocenters. The number of hydrogen-bond acceptors (Lipinski definition) is 4. The van der Waals surface area contributed by atoms with E-state index in [1.54, 1.807) is 36.1 Å². The van der Waals surface area contributed by atoms with Gasteiger partial charge in [0.15, 0.2) is 5.82 Å². The number of anilines is 1. The Morgan fingerprint density at radius 2 is 1.18 bits per heavy atom. The normalized spacial score (nSPS) is 11.7. The van der Waals surface area contributed by atoms with E-state index in [0.29, 0.717) is 28.0 Å². The van der Waals surface area contributed by atoms with E-state index in [0.717, 1.165) is 34.1 Å². The van der Waals surface area contributed by atoms with Crippen molar-refractivity contribution in [2.45, 2.75) is 24.7 Å². The first kappa shape index (κ1) is 39.6. The van der Waals surface area contributed by atoms with E-state index in [9.17, 15) is 26.7 Å². The molecular weight excluding hydrogens is 774 g/mol. The molecule has 6 nitrogen and oxygen atoms in total. The van der Waals surface area contributed by atoms with Gasteiger partial charge in [0.1, 0.15) is 35.3 Å². The minimum atomic E-state index is -5.23. The van der Waals surface area contributed by atoms with Gasteiger partial charge in [0.2, 0.25) is 0 Å². The molecular formula is C49H36F5N3O3. The SMILES string of the molecule is COc1ccc(COc2ccc(-c3cc4c(cc3Cc3cc(F)cc(F)c3)c(NC(=O)C(F)(F)F)nn4C(c3ccccc3)(c3ccccc3)c3ccccc3)cc2)cc1. The van der Waals surface area contributed by atoms with Crippen LogP contribution in [0.25, 0.3) is 22.0 Å². The highest BCUT2D eigenvalue weighted by Gasteiger charge is 2.43. The highest BCUT2D eigenvalue weighted by atomic mass is 19.4. The highest BCUT2D eigenvalue weighted by molar-refractivity contribution is 6.03. The zero-order chi connectivity index (χ0) is 41.9. The van der Waals surface area contributed by atoms with Crippen LogP contribution >= 0.6 is 0 Å². The third kappa shape index (κ3) is 7.94. The molecule has 0 spiro atoms. The molecule has 0 aliphatic carbocycles. The molecule has 1 N–H and O–H groups in total. The Balaban J connectivity index is 1.38. The van der Waals surface area contributed by atoms with Gasteiger partial charge in [0.05, 0.1) is 12.6 Å². The van der Waals surface area contributed by atoms with Crippen molar-refractivity contribution in [2.75, 3.05) is 12.4 Å². The van der Waals surface area contributed by atoms with Crippen molar-refractivity contribution in [3.05, 3.63) is 215 Å². The standard InChI is InChI=1S/C49H36F5N3O3/c1-59-41-21-17-32(18-22-41)31-60-42-23-19-34(20-24-42)43-30-45-44(28-35(43)25-33-26-39(50)29-40(51)27-33)46(55-47(58)49(52,53)54)56-57(45)48(36-11-5-2-6-12-36,37-13-7-3-8-14-37)38-15-9-4-10-16-38/h2-24,26-30H,25,31H2,1H3,(H,55,56,58). The fraction of sp³-hybridized carbons (Fsp3) is 0.102. The van der Waals surface area contributed by atoms with E-state index < -0.39 is 29.3 Å². The van der Waals surface area contributed by atoms with Crippen LogP contribution in [0.3, 0.4) is 0 Å². The topological polar surface area (TPSA) is 65.4 Å². The molecule has 1 aromatic heterocycles. The second-order valence-electron chi connectivity index (χ2n) is 14.2. The number of fused-ring (bicyclic) bond motifs is 1. The number of halogens is 5. The molecule has 11 heteroatoms. The van der Waals surface area contributed by atoms with Crippen LogP contribution < -0.4 is 14.8 Å². The van der Waals surface area contributed by atoms with Gasteiger partial charge < -0.3 is 14.8 Å². The van der Waals surface area contributed by atoms with Crippen molar-refractivity contribution in [3.8, 4) is 22.6 Å². The minimum Gasteiger partial charge on any atom is -0.497 e. The summed E-state index contributed by atoms with van der Waals surface area (Å²) in [6.45, 7) is 0.290. The maximum Gasteiger partial charge on any atom is 0.471 e. The summed E-state index contributed by atoms with van der Waals surface area (Å²) in [5.74, 6) is -2.82. The van der Waals surface area contributed by atoms with Gasteiger partial charge >= 0.3 is 12.1 Å². The lowest BCUT2D eigenvalue weighted by atomic mass is 9.77. The fourth-order valence-electron chi connectivity index (χ4n) is 7.60. The van der Waals surface area contributed by atoms with Crippen molar-refractivity contribution < 1.29 is 36.2 Å². The Labute approximate surface area is 342 Å². The summed E-state index contributed by atoms with van der Waals surface area (Å²) in [6, 6.07) is 49.7. The number of hydrogen-bond donors (Lipinski definition) is 1. The molecule has 1 amide bonds. The van der Waals surface area contributed by atoms with Crippen LogP contribution in [-0.4, -0.2) is 29.0 Å². The molecule has 8 aromatic rings. The molecule has 0 fully saturated rings. The second kappa shape index (κ2) is 16.5. The number of benzene rings is 7. The number of nitrogens with one attached hydrogen (secondary N) is 1. The average Bonchev–Trinajstić information content (AvgIpc) is 3.60. The van der Waals surface area contributed by atoms with E-state index in [4.69, 9.17) is 14.6 Å². The Hall–Kier alpha value is -7.27. The zero-order valence-corrected chi connectivity index (χ0v) is 32.1. The van der Waals surface area contributed by atoms with Crippen molar-refractivity contribution >= 4 is 22.6 Å². The third-order valence-corrected chi connectivity index (χ3v) is 10.3. The quantitative estimate of drug-likeness (QED) is 0.0986. The van der Waals surface area contributed by atoms with E-state index in [-0.39, 0.29) is 29.8 Å². The number of rotatable bonds is 12. The van der Waals surface area contributed by atoms with E-state index >= 15 is 0 Å². The largest absolute Gasteiger partial charge is 0.497 e. The third-order valence-electron chi connectivity index (χ3n) is 10.3. The fourth-order valence-corrected chi connectivity index (χ4v) is 7.60. The van der Waals surface area contributed by atoms with Gasteiger partial charge in [-0.05, 0) is 99.5 Å². The molecule has 0 aliphatic rings. The minimum absolute atomic E-state index is 0.0191. The van der Waals surface area contributed by atoms with Crippen LogP contribution in [0.15, 0.2) is 170 Å². The lowest BCUT2D eigenvalue weighted by molar-refractivity contribution is -0.167. The van der Waals surface area contributed by atoms with Crippen LogP contribution in [0.2, 0.25) is 0 Å². The lowest BCUT2D eigenvalue weighted by Crippen LogP contribution is -2.38. The summed E-state index contributed by atoms with van der Waals surface area (Å²) >= 11 is 0. The first-order valence-corrected chi connectivity index (χ1v) is 18.9. The molecule has 0 aliphatic heterocycles. The van der Waals surface area contributed by atoms with Gasteiger partial charge in [-0.15, -0.1) is 0 Å². The summed E-state index contributed by atoms with van der Waals surface area (Å²) in [7, 11) is 1.59. The molecule has 8 rings (SSSR count). The predicted octanol–water partition coefficient (Wildman–Crippen LogP) is 11.5. The summed E-state index contributed by atoms with van der Waals surface area (Å²) in [5.41, 5.74) is 4.28. The zero-order valence-electron chi connectivity index (χ0n) is 32.1. The number of methoxy groups -OCH3 is 1. The molecule has 0 saturated carbocycles. The average molecular weight is 810 g/mol. The molecule has 1 heterocycles. The van der Waals surface area contributed by atoms with Gasteiger partial charge in [-0.25, -0.2) is 13.5 Å². The first-order chi connectivity index (χ1) is 29.0. The van der Waals surface area contributed by atoms with Crippen molar-refractivity contribution in [1.29, 1.82) is 0 Å². The molecule has 300 valence electrons. The predicted molar refractivity (Wildman–Crippen MR) is 221 cm³/mol. The smallest absolute Gasteiger partial charge is 0.471 e. The molecule has 0 radical (unpaired) electrons. The Morgan fingerprint density at radius 3 is 1.70 bits per heavy atom. The van der Waals surface area contributed by atoms with Crippen LogP contribution in [-0.2, 0) is 23.4 Å². The van der Waals surface area contributed by atoms with Gasteiger partial charge in [-0.1, -0.05) is 115 Å². The number of carbonyl (C=O) groups is 1. The van der Waals surface area contributed by atoms with E-state index in [1.165, 1.54) is 12.1 Å². The second-order valence-corrected chi connectivity index (χ2v) is 14.2. The molecule has 0 atom stereocenters. The Bertz CT molecular complexity index is 2640. The highest BCUT2D eigenvalue weighted by Crippen LogP contribution is 2.45. The molecule has 60 heavy (non-hydrogen) atoms. The van der Waals surface area contributed by atoms with Gasteiger partial charge in [-0.2, -0.15) is 18.3 Å². The molecule has 7 aromatic carbocycles. The van der Waals surface area contributed by atoms with Crippen LogP contribution in [0.1, 0.15) is 33.4 Å². The number of alkyl halides is 3. The molecule has 0 saturated heterocycles. The van der Waals surface area contributed by atoms with Crippen LogP contribution in [0.4, 0.5) is 27.8 Å². The van der Waals surface area contributed by atoms with Crippen molar-refractivity contribution in [1.82, 2.24) is 9.78 Å². The lowest BCUT2D eigenvalue weighted by Gasteiger charge is -2.37. The Kier molecular flexibility index (Phi) is 10.9. The van der Waals surface area contributed by atoms with Crippen LogP contribution in [0, 0.1) is 11.6 Å². The van der Waals surface area contributed by atoms with Crippen molar-refractivity contribution in [2.24, 2.45) is 0 Å².